The minimum Gasteiger partial charge on any atom is -0.387 e. The van der Waals surface area contributed by atoms with Crippen LogP contribution in [0.4, 0.5) is 14.9 Å². The van der Waals surface area contributed by atoms with Crippen molar-refractivity contribution in [3.8, 4) is 0 Å². The summed E-state index contributed by atoms with van der Waals surface area (Å²) in [7, 11) is 0. The second kappa shape index (κ2) is 7.23. The fourth-order valence-electron chi connectivity index (χ4n) is 2.95. The van der Waals surface area contributed by atoms with Gasteiger partial charge in [0, 0.05) is 11.7 Å². The third-order valence-corrected chi connectivity index (χ3v) is 4.59. The smallest absolute Gasteiger partial charge is 0.322 e. The minimum absolute atomic E-state index is 0.152. The Kier molecular flexibility index (Phi) is 5.04. The second-order valence-electron chi connectivity index (χ2n) is 6.65. The summed E-state index contributed by atoms with van der Waals surface area (Å²) >= 11 is 0. The van der Waals surface area contributed by atoms with Crippen molar-refractivity contribution >= 4 is 11.7 Å². The van der Waals surface area contributed by atoms with Crippen LogP contribution in [0.2, 0.25) is 0 Å². The largest absolute Gasteiger partial charge is 0.387 e. The Balaban J connectivity index is 1.72. The number of nitrogens with one attached hydrogen (secondary N) is 1. The van der Waals surface area contributed by atoms with E-state index < -0.39 is 6.10 Å². The highest BCUT2D eigenvalue weighted by molar-refractivity contribution is 5.91. The van der Waals surface area contributed by atoms with E-state index in [1.807, 2.05) is 32.0 Å². The number of carbonyl (C=O) groups excluding carboxylic acids is 1. The summed E-state index contributed by atoms with van der Waals surface area (Å²) in [6.07, 6.45) is 1.04. The lowest BCUT2D eigenvalue weighted by atomic mass is 10.1. The van der Waals surface area contributed by atoms with Crippen LogP contribution < -0.4 is 5.32 Å². The number of halogens is 1. The molecule has 0 aliphatic heterocycles. The third-order valence-electron chi connectivity index (χ3n) is 4.59. The van der Waals surface area contributed by atoms with E-state index in [2.05, 4.69) is 5.32 Å². The standard InChI is InChI=1S/C20H23FN2O2/c1-13-4-3-5-14(2)19(13)22-20(25)23(17-10-11-17)12-18(24)15-6-8-16(21)9-7-15/h3-9,17-18,24H,10-12H2,1-2H3,(H,22,25). The number of carbonyl (C=O) groups is 1. The van der Waals surface area contributed by atoms with Gasteiger partial charge < -0.3 is 15.3 Å². The maximum absolute atomic E-state index is 13.0. The average molecular weight is 342 g/mol. The predicted octanol–water partition coefficient (Wildman–Crippen LogP) is 4.17. The molecular formula is C20H23FN2O2. The van der Waals surface area contributed by atoms with Crippen molar-refractivity contribution in [3.05, 3.63) is 65.0 Å². The number of benzene rings is 2. The summed E-state index contributed by atoms with van der Waals surface area (Å²) in [6.45, 7) is 4.10. The van der Waals surface area contributed by atoms with Gasteiger partial charge in [0.05, 0.1) is 12.6 Å². The third kappa shape index (κ3) is 4.17. The van der Waals surface area contributed by atoms with E-state index in [1.54, 1.807) is 17.0 Å². The Morgan fingerprint density at radius 1 is 1.20 bits per heavy atom. The fourth-order valence-corrected chi connectivity index (χ4v) is 2.95. The Hall–Kier alpha value is -2.40. The second-order valence-corrected chi connectivity index (χ2v) is 6.65. The molecule has 1 saturated carbocycles. The van der Waals surface area contributed by atoms with E-state index in [0.717, 1.165) is 29.7 Å². The molecule has 0 saturated heterocycles. The normalized spacial score (nSPS) is 14.9. The average Bonchev–Trinajstić information content (AvgIpc) is 3.41. The molecular weight excluding hydrogens is 319 g/mol. The number of aliphatic hydroxyl groups excluding tert-OH is 1. The molecule has 0 heterocycles. The molecule has 2 amide bonds. The SMILES string of the molecule is Cc1cccc(C)c1NC(=O)N(CC(O)c1ccc(F)cc1)C1CC1. The molecule has 0 aromatic heterocycles. The monoisotopic (exact) mass is 342 g/mol. The number of anilines is 1. The van der Waals surface area contributed by atoms with E-state index >= 15 is 0 Å². The van der Waals surface area contributed by atoms with Crippen molar-refractivity contribution in [2.75, 3.05) is 11.9 Å². The van der Waals surface area contributed by atoms with Gasteiger partial charge in [-0.2, -0.15) is 0 Å². The summed E-state index contributed by atoms with van der Waals surface area (Å²) < 4.78 is 13.0. The van der Waals surface area contributed by atoms with Crippen LogP contribution in [0.25, 0.3) is 0 Å². The first-order valence-corrected chi connectivity index (χ1v) is 8.53. The Morgan fingerprint density at radius 3 is 2.36 bits per heavy atom. The van der Waals surface area contributed by atoms with E-state index in [-0.39, 0.29) is 24.4 Å². The van der Waals surface area contributed by atoms with E-state index in [0.29, 0.717) is 5.56 Å². The predicted molar refractivity (Wildman–Crippen MR) is 96.0 cm³/mol. The van der Waals surface area contributed by atoms with Crippen molar-refractivity contribution < 1.29 is 14.3 Å². The quantitative estimate of drug-likeness (QED) is 0.857. The molecule has 2 aromatic rings. The number of urea groups is 1. The molecule has 0 bridgehead atoms. The number of hydrogen-bond donors (Lipinski definition) is 2. The van der Waals surface area contributed by atoms with E-state index in [4.69, 9.17) is 0 Å². The molecule has 2 N–H and O–H groups in total. The van der Waals surface area contributed by atoms with Crippen LogP contribution in [-0.2, 0) is 0 Å². The van der Waals surface area contributed by atoms with Crippen molar-refractivity contribution in [1.29, 1.82) is 0 Å². The van der Waals surface area contributed by atoms with Gasteiger partial charge in [-0.3, -0.25) is 0 Å². The zero-order valence-corrected chi connectivity index (χ0v) is 14.5. The molecule has 1 fully saturated rings. The molecule has 3 rings (SSSR count). The van der Waals surface area contributed by atoms with Crippen molar-refractivity contribution in [1.82, 2.24) is 4.90 Å². The molecule has 0 radical (unpaired) electrons. The lowest BCUT2D eigenvalue weighted by molar-refractivity contribution is 0.123. The van der Waals surface area contributed by atoms with Crippen LogP contribution in [-0.4, -0.2) is 28.6 Å². The van der Waals surface area contributed by atoms with Gasteiger partial charge in [-0.1, -0.05) is 30.3 Å². The zero-order valence-electron chi connectivity index (χ0n) is 14.5. The number of hydrogen-bond acceptors (Lipinski definition) is 2. The van der Waals surface area contributed by atoms with E-state index in [9.17, 15) is 14.3 Å². The fraction of sp³-hybridized carbons (Fsp3) is 0.350. The van der Waals surface area contributed by atoms with Crippen molar-refractivity contribution in [2.24, 2.45) is 0 Å². The molecule has 0 spiro atoms. The summed E-state index contributed by atoms with van der Waals surface area (Å²) in [5, 5.41) is 13.4. The van der Waals surface area contributed by atoms with Crippen molar-refractivity contribution in [3.63, 3.8) is 0 Å². The van der Waals surface area contributed by atoms with Gasteiger partial charge in [-0.15, -0.1) is 0 Å². The first-order chi connectivity index (χ1) is 12.0. The first kappa shape index (κ1) is 17.4. The van der Waals surface area contributed by atoms with Gasteiger partial charge in [0.2, 0.25) is 0 Å². The van der Waals surface area contributed by atoms with Crippen LogP contribution in [0.3, 0.4) is 0 Å². The van der Waals surface area contributed by atoms with Crippen LogP contribution in [0, 0.1) is 19.7 Å². The molecule has 132 valence electrons. The van der Waals surface area contributed by atoms with Gasteiger partial charge in [-0.25, -0.2) is 9.18 Å². The molecule has 1 aliphatic rings. The van der Waals surface area contributed by atoms with Gasteiger partial charge in [0.25, 0.3) is 0 Å². The maximum Gasteiger partial charge on any atom is 0.322 e. The Bertz CT molecular complexity index is 737. The van der Waals surface area contributed by atoms with Gasteiger partial charge in [0.15, 0.2) is 0 Å². The molecule has 25 heavy (non-hydrogen) atoms. The highest BCUT2D eigenvalue weighted by atomic mass is 19.1. The van der Waals surface area contributed by atoms with Crippen LogP contribution in [0.1, 0.15) is 35.6 Å². The maximum atomic E-state index is 13.0. The number of aliphatic hydroxyl groups is 1. The summed E-state index contributed by atoms with van der Waals surface area (Å²) in [6, 6.07) is 11.5. The summed E-state index contributed by atoms with van der Waals surface area (Å²) in [4.78, 5) is 14.4. The minimum atomic E-state index is -0.843. The number of rotatable bonds is 5. The molecule has 1 aliphatic carbocycles. The Labute approximate surface area is 147 Å². The zero-order chi connectivity index (χ0) is 18.0. The molecule has 1 unspecified atom stereocenters. The van der Waals surface area contributed by atoms with Crippen LogP contribution in [0.5, 0.6) is 0 Å². The lowest BCUT2D eigenvalue weighted by Crippen LogP contribution is -2.39. The molecule has 2 aromatic carbocycles. The molecule has 5 heteroatoms. The Morgan fingerprint density at radius 2 is 1.80 bits per heavy atom. The van der Waals surface area contributed by atoms with Crippen LogP contribution in [0.15, 0.2) is 42.5 Å². The number of amides is 2. The summed E-state index contributed by atoms with van der Waals surface area (Å²) in [5.41, 5.74) is 3.42. The van der Waals surface area contributed by atoms with Crippen molar-refractivity contribution in [2.45, 2.75) is 38.8 Å². The highest BCUT2D eigenvalue weighted by Gasteiger charge is 2.34. The van der Waals surface area contributed by atoms with Gasteiger partial charge in [-0.05, 0) is 55.5 Å². The topological polar surface area (TPSA) is 52.6 Å². The van der Waals surface area contributed by atoms with Crippen LogP contribution >= 0.6 is 0 Å². The number of para-hydroxylation sites is 1. The summed E-state index contributed by atoms with van der Waals surface area (Å²) in [5.74, 6) is -0.345. The first-order valence-electron chi connectivity index (χ1n) is 8.53. The van der Waals surface area contributed by atoms with Gasteiger partial charge >= 0.3 is 6.03 Å². The van der Waals surface area contributed by atoms with E-state index in [1.165, 1.54) is 12.1 Å². The molecule has 4 nitrogen and oxygen atoms in total. The number of nitrogens with zero attached hydrogens (tertiary/aromatic N) is 1. The number of aryl methyl sites for hydroxylation is 2. The highest BCUT2D eigenvalue weighted by Crippen LogP contribution is 2.30. The molecule has 1 atom stereocenters. The van der Waals surface area contributed by atoms with Gasteiger partial charge in [0.1, 0.15) is 5.82 Å². The lowest BCUT2D eigenvalue weighted by Gasteiger charge is -2.26.